The maximum Gasteiger partial charge on any atom is 0.416 e. The van der Waals surface area contributed by atoms with Gasteiger partial charge >= 0.3 is 6.18 Å². The SMILES string of the molecule is Cc1csc(Sc2cc(C(F)(F)F)cc(Cl)n2)n1. The van der Waals surface area contributed by atoms with Crippen LogP contribution in [-0.4, -0.2) is 9.97 Å². The van der Waals surface area contributed by atoms with E-state index in [-0.39, 0.29) is 10.2 Å². The predicted octanol–water partition coefficient (Wildman–Crippen LogP) is 4.67. The summed E-state index contributed by atoms with van der Waals surface area (Å²) in [4.78, 5) is 7.99. The largest absolute Gasteiger partial charge is 0.416 e. The Kier molecular flexibility index (Phi) is 3.84. The van der Waals surface area contributed by atoms with Gasteiger partial charge in [-0.05, 0) is 30.8 Å². The number of aryl methyl sites for hydroxylation is 1. The van der Waals surface area contributed by atoms with Crippen LogP contribution in [0.25, 0.3) is 0 Å². The van der Waals surface area contributed by atoms with Crippen molar-refractivity contribution in [3.63, 3.8) is 0 Å². The minimum Gasteiger partial charge on any atom is -0.235 e. The number of rotatable bonds is 2. The summed E-state index contributed by atoms with van der Waals surface area (Å²) in [5.41, 5.74) is 0.0128. The fourth-order valence-corrected chi connectivity index (χ4v) is 3.23. The van der Waals surface area contributed by atoms with Gasteiger partial charge in [-0.25, -0.2) is 9.97 Å². The second-order valence-corrected chi connectivity index (χ2v) is 5.88. The van der Waals surface area contributed by atoms with Crippen molar-refractivity contribution in [1.29, 1.82) is 0 Å². The molecule has 0 amide bonds. The molecule has 0 saturated carbocycles. The summed E-state index contributed by atoms with van der Waals surface area (Å²) in [7, 11) is 0. The second-order valence-electron chi connectivity index (χ2n) is 3.37. The van der Waals surface area contributed by atoms with E-state index in [0.717, 1.165) is 29.6 Å². The Labute approximate surface area is 114 Å². The van der Waals surface area contributed by atoms with E-state index in [9.17, 15) is 13.2 Å². The lowest BCUT2D eigenvalue weighted by molar-refractivity contribution is -0.137. The first-order valence-corrected chi connectivity index (χ1v) is 6.77. The maximum atomic E-state index is 12.6. The highest BCUT2D eigenvalue weighted by Crippen LogP contribution is 2.35. The van der Waals surface area contributed by atoms with Crippen LogP contribution in [0.1, 0.15) is 11.3 Å². The molecule has 0 bridgehead atoms. The summed E-state index contributed by atoms with van der Waals surface area (Å²) in [5.74, 6) is 0. The van der Waals surface area contributed by atoms with Crippen LogP contribution in [0.2, 0.25) is 5.15 Å². The van der Waals surface area contributed by atoms with Gasteiger partial charge in [0.2, 0.25) is 0 Å². The lowest BCUT2D eigenvalue weighted by Crippen LogP contribution is -2.05. The van der Waals surface area contributed by atoms with E-state index in [1.165, 1.54) is 11.3 Å². The summed E-state index contributed by atoms with van der Waals surface area (Å²) in [6.07, 6.45) is -4.43. The van der Waals surface area contributed by atoms with Crippen LogP contribution in [0.3, 0.4) is 0 Å². The highest BCUT2D eigenvalue weighted by molar-refractivity contribution is 8.01. The molecule has 0 aromatic carbocycles. The Balaban J connectivity index is 2.31. The highest BCUT2D eigenvalue weighted by atomic mass is 35.5. The normalized spacial score (nSPS) is 11.8. The minimum atomic E-state index is -4.43. The molecule has 0 saturated heterocycles. The summed E-state index contributed by atoms with van der Waals surface area (Å²) in [5, 5.41) is 1.82. The van der Waals surface area contributed by atoms with E-state index in [1.54, 1.807) is 0 Å². The molecular weight excluding hydrogens is 305 g/mol. The Bertz CT molecular complexity index is 568. The van der Waals surface area contributed by atoms with Crippen LogP contribution in [0.15, 0.2) is 26.9 Å². The standard InChI is InChI=1S/C10H6ClF3N2S2/c1-5-4-17-9(15-5)18-8-3-6(10(12,13)14)2-7(11)16-8/h2-4H,1H3. The first-order chi connectivity index (χ1) is 8.34. The molecule has 2 aromatic heterocycles. The molecule has 0 radical (unpaired) electrons. The van der Waals surface area contributed by atoms with Gasteiger partial charge in [-0.3, -0.25) is 0 Å². The molecule has 0 fully saturated rings. The highest BCUT2D eigenvalue weighted by Gasteiger charge is 2.31. The zero-order chi connectivity index (χ0) is 13.3. The van der Waals surface area contributed by atoms with Crippen molar-refractivity contribution in [2.45, 2.75) is 22.5 Å². The Hall–Kier alpha value is -0.790. The molecule has 2 nitrogen and oxygen atoms in total. The average molecular weight is 311 g/mol. The van der Waals surface area contributed by atoms with Crippen LogP contribution >= 0.6 is 34.7 Å². The van der Waals surface area contributed by atoms with E-state index >= 15 is 0 Å². The zero-order valence-corrected chi connectivity index (χ0v) is 11.3. The van der Waals surface area contributed by atoms with Gasteiger partial charge in [-0.2, -0.15) is 13.2 Å². The Morgan fingerprint density at radius 2 is 2.00 bits per heavy atom. The summed E-state index contributed by atoms with van der Waals surface area (Å²) < 4.78 is 38.4. The molecule has 0 aliphatic carbocycles. The van der Waals surface area contributed by atoms with Crippen LogP contribution in [0.5, 0.6) is 0 Å². The summed E-state index contributed by atoms with van der Waals surface area (Å²) in [6, 6.07) is 1.77. The third-order valence-corrected chi connectivity index (χ3v) is 4.06. The zero-order valence-electron chi connectivity index (χ0n) is 8.95. The number of aromatic nitrogens is 2. The van der Waals surface area contributed by atoms with Gasteiger partial charge in [-0.1, -0.05) is 11.6 Å². The summed E-state index contributed by atoms with van der Waals surface area (Å²) >= 11 is 8.00. The van der Waals surface area contributed by atoms with E-state index in [0.29, 0.717) is 4.34 Å². The lowest BCUT2D eigenvalue weighted by atomic mass is 10.3. The number of pyridine rings is 1. The van der Waals surface area contributed by atoms with Crippen molar-refractivity contribution in [3.05, 3.63) is 33.9 Å². The molecule has 8 heteroatoms. The fourth-order valence-electron chi connectivity index (χ4n) is 1.16. The molecule has 0 N–H and O–H groups in total. The summed E-state index contributed by atoms with van der Waals surface area (Å²) in [6.45, 7) is 1.81. The number of halogens is 4. The molecule has 0 unspecified atom stereocenters. The fraction of sp³-hybridized carbons (Fsp3) is 0.200. The van der Waals surface area contributed by atoms with E-state index < -0.39 is 11.7 Å². The molecule has 96 valence electrons. The van der Waals surface area contributed by atoms with Crippen LogP contribution < -0.4 is 0 Å². The first kappa shape index (κ1) is 13.6. The van der Waals surface area contributed by atoms with E-state index in [4.69, 9.17) is 11.6 Å². The van der Waals surface area contributed by atoms with Gasteiger partial charge < -0.3 is 0 Å². The number of hydrogen-bond acceptors (Lipinski definition) is 4. The van der Waals surface area contributed by atoms with Crippen LogP contribution in [0, 0.1) is 6.92 Å². The molecular formula is C10H6ClF3N2S2. The third kappa shape index (κ3) is 3.37. The smallest absolute Gasteiger partial charge is 0.235 e. The van der Waals surface area contributed by atoms with Crippen molar-refractivity contribution >= 4 is 34.7 Å². The quantitative estimate of drug-likeness (QED) is 0.754. The molecule has 18 heavy (non-hydrogen) atoms. The van der Waals surface area contributed by atoms with Gasteiger partial charge in [0.1, 0.15) is 10.2 Å². The monoisotopic (exact) mass is 310 g/mol. The van der Waals surface area contributed by atoms with Gasteiger partial charge in [0, 0.05) is 11.1 Å². The van der Waals surface area contributed by atoms with Crippen molar-refractivity contribution in [1.82, 2.24) is 9.97 Å². The van der Waals surface area contributed by atoms with Crippen molar-refractivity contribution < 1.29 is 13.2 Å². The third-order valence-electron chi connectivity index (χ3n) is 1.89. The average Bonchev–Trinajstić information content (AvgIpc) is 2.61. The number of nitrogens with zero attached hydrogens (tertiary/aromatic N) is 2. The van der Waals surface area contributed by atoms with E-state index in [2.05, 4.69) is 9.97 Å². The van der Waals surface area contributed by atoms with E-state index in [1.807, 2.05) is 12.3 Å². The predicted molar refractivity (Wildman–Crippen MR) is 65.2 cm³/mol. The molecule has 0 aliphatic rings. The Morgan fingerprint density at radius 1 is 1.28 bits per heavy atom. The van der Waals surface area contributed by atoms with Gasteiger partial charge in [0.25, 0.3) is 0 Å². The van der Waals surface area contributed by atoms with Crippen molar-refractivity contribution in [2.24, 2.45) is 0 Å². The van der Waals surface area contributed by atoms with Gasteiger partial charge in [0.05, 0.1) is 5.56 Å². The molecule has 0 atom stereocenters. The molecule has 0 spiro atoms. The maximum absolute atomic E-state index is 12.6. The number of thiazole rings is 1. The number of hydrogen-bond donors (Lipinski definition) is 0. The molecule has 2 heterocycles. The van der Waals surface area contributed by atoms with Crippen molar-refractivity contribution in [3.8, 4) is 0 Å². The van der Waals surface area contributed by atoms with Crippen LogP contribution in [0.4, 0.5) is 13.2 Å². The first-order valence-electron chi connectivity index (χ1n) is 4.69. The minimum absolute atomic E-state index is 0.180. The molecule has 2 aromatic rings. The molecule has 2 rings (SSSR count). The van der Waals surface area contributed by atoms with Crippen molar-refractivity contribution in [2.75, 3.05) is 0 Å². The van der Waals surface area contributed by atoms with Crippen LogP contribution in [-0.2, 0) is 6.18 Å². The second kappa shape index (κ2) is 5.07. The Morgan fingerprint density at radius 3 is 2.56 bits per heavy atom. The molecule has 0 aliphatic heterocycles. The topological polar surface area (TPSA) is 25.8 Å². The lowest BCUT2D eigenvalue weighted by Gasteiger charge is -2.08. The van der Waals surface area contributed by atoms with Gasteiger partial charge in [0.15, 0.2) is 4.34 Å². The van der Waals surface area contributed by atoms with Gasteiger partial charge in [-0.15, -0.1) is 11.3 Å². The number of alkyl halides is 3.